The molecular formula is C27H33Cl2N3O5S. The standard InChI is InChI=1S/C27H32ClN3O5S.ClH/c1-18-20(28)7-8-23-25(18)29-27(37-23)31(11-5-10-30-12-14-36-15-13-30)24(32)9-6-19-16-21(33-2)26(35-4)22(17-19)34-3;/h6-9,16-17H,5,10-15H2,1-4H3;1H/b9-6+;. The van der Waals surface area contributed by atoms with Crippen molar-refractivity contribution in [1.82, 2.24) is 9.88 Å². The Morgan fingerprint density at radius 1 is 1.16 bits per heavy atom. The Morgan fingerprint density at radius 3 is 2.47 bits per heavy atom. The van der Waals surface area contributed by atoms with Crippen LogP contribution in [0.1, 0.15) is 17.5 Å². The summed E-state index contributed by atoms with van der Waals surface area (Å²) in [5.74, 6) is 1.39. The molecule has 0 atom stereocenters. The number of hydrogen-bond acceptors (Lipinski definition) is 8. The number of halogens is 2. The van der Waals surface area contributed by atoms with Gasteiger partial charge in [-0.1, -0.05) is 22.9 Å². The average molecular weight is 583 g/mol. The fraction of sp³-hybridized carbons (Fsp3) is 0.407. The van der Waals surface area contributed by atoms with Crippen LogP contribution in [0.25, 0.3) is 16.3 Å². The molecule has 0 N–H and O–H groups in total. The van der Waals surface area contributed by atoms with Crippen molar-refractivity contribution in [3.8, 4) is 17.2 Å². The highest BCUT2D eigenvalue weighted by Crippen LogP contribution is 2.38. The first kappa shape index (κ1) is 30.0. The lowest BCUT2D eigenvalue weighted by Crippen LogP contribution is -2.39. The fourth-order valence-corrected chi connectivity index (χ4v) is 5.45. The van der Waals surface area contributed by atoms with Gasteiger partial charge >= 0.3 is 0 Å². The maximum atomic E-state index is 13.5. The molecule has 2 heterocycles. The zero-order valence-corrected chi connectivity index (χ0v) is 24.4. The molecule has 1 aromatic heterocycles. The van der Waals surface area contributed by atoms with Gasteiger partial charge in [0.25, 0.3) is 5.91 Å². The molecule has 0 aliphatic carbocycles. The monoisotopic (exact) mass is 581 g/mol. The second-order valence-corrected chi connectivity index (χ2v) is 10.0. The smallest absolute Gasteiger partial charge is 0.252 e. The van der Waals surface area contributed by atoms with Gasteiger partial charge in [0.1, 0.15) is 0 Å². The van der Waals surface area contributed by atoms with Crippen LogP contribution in [0.5, 0.6) is 17.2 Å². The van der Waals surface area contributed by atoms with Gasteiger partial charge in [0, 0.05) is 37.3 Å². The summed E-state index contributed by atoms with van der Waals surface area (Å²) in [5, 5.41) is 1.32. The number of thiazole rings is 1. The number of aromatic nitrogens is 1. The van der Waals surface area contributed by atoms with Crippen LogP contribution in [0.2, 0.25) is 5.02 Å². The minimum atomic E-state index is -0.154. The van der Waals surface area contributed by atoms with Crippen LogP contribution in [0.15, 0.2) is 30.3 Å². The van der Waals surface area contributed by atoms with Crippen molar-refractivity contribution in [3.05, 3.63) is 46.5 Å². The van der Waals surface area contributed by atoms with Gasteiger partial charge in [-0.3, -0.25) is 14.6 Å². The molecule has 0 unspecified atom stereocenters. The molecule has 8 nitrogen and oxygen atoms in total. The second-order valence-electron chi connectivity index (χ2n) is 8.61. The van der Waals surface area contributed by atoms with Crippen molar-refractivity contribution in [1.29, 1.82) is 0 Å². The molecule has 38 heavy (non-hydrogen) atoms. The van der Waals surface area contributed by atoms with Gasteiger partial charge in [0.15, 0.2) is 16.6 Å². The third-order valence-electron chi connectivity index (χ3n) is 6.30. The number of anilines is 1. The normalized spacial score (nSPS) is 13.9. The number of benzene rings is 2. The number of aryl methyl sites for hydroxylation is 1. The molecule has 1 saturated heterocycles. The molecule has 0 radical (unpaired) electrons. The average Bonchev–Trinajstić information content (AvgIpc) is 3.36. The van der Waals surface area contributed by atoms with Crippen molar-refractivity contribution >= 4 is 62.7 Å². The van der Waals surface area contributed by atoms with Crippen molar-refractivity contribution in [2.75, 3.05) is 65.6 Å². The second kappa shape index (κ2) is 14.0. The topological polar surface area (TPSA) is 73.4 Å². The lowest BCUT2D eigenvalue weighted by molar-refractivity contribution is -0.114. The Morgan fingerprint density at radius 2 is 1.84 bits per heavy atom. The minimum absolute atomic E-state index is 0. The van der Waals surface area contributed by atoms with Crippen LogP contribution in [-0.2, 0) is 9.53 Å². The van der Waals surface area contributed by atoms with Crippen LogP contribution in [-0.4, -0.2) is 76.5 Å². The number of fused-ring (bicyclic) bond motifs is 1. The molecule has 3 aromatic rings. The third kappa shape index (κ3) is 6.90. The molecule has 0 bridgehead atoms. The number of carbonyl (C=O) groups is 1. The quantitative estimate of drug-likeness (QED) is 0.294. The summed E-state index contributed by atoms with van der Waals surface area (Å²) in [5.41, 5.74) is 2.49. The Kier molecular flexibility index (Phi) is 11.1. The van der Waals surface area contributed by atoms with Crippen LogP contribution in [0.4, 0.5) is 5.13 Å². The van der Waals surface area contributed by atoms with E-state index in [9.17, 15) is 4.79 Å². The number of morpholine rings is 1. The van der Waals surface area contributed by atoms with Gasteiger partial charge in [-0.25, -0.2) is 4.98 Å². The summed E-state index contributed by atoms with van der Waals surface area (Å²) in [6.07, 6.45) is 4.12. The highest BCUT2D eigenvalue weighted by molar-refractivity contribution is 7.22. The predicted molar refractivity (Wildman–Crippen MR) is 156 cm³/mol. The van der Waals surface area contributed by atoms with Crippen LogP contribution in [0.3, 0.4) is 0 Å². The SMILES string of the molecule is COc1cc(/C=C/C(=O)N(CCCN2CCOCC2)c2nc3c(C)c(Cl)ccc3s2)cc(OC)c1OC.Cl. The largest absolute Gasteiger partial charge is 0.493 e. The lowest BCUT2D eigenvalue weighted by atomic mass is 10.1. The highest BCUT2D eigenvalue weighted by atomic mass is 35.5. The van der Waals surface area contributed by atoms with E-state index in [-0.39, 0.29) is 18.3 Å². The molecule has 11 heteroatoms. The van der Waals surface area contributed by atoms with E-state index >= 15 is 0 Å². The van der Waals surface area contributed by atoms with E-state index in [4.69, 9.17) is 35.5 Å². The van der Waals surface area contributed by atoms with E-state index in [1.165, 1.54) is 11.3 Å². The summed E-state index contributed by atoms with van der Waals surface area (Å²) in [7, 11) is 4.68. The van der Waals surface area contributed by atoms with E-state index in [2.05, 4.69) is 4.90 Å². The first-order valence-corrected chi connectivity index (χ1v) is 13.3. The Labute approximate surface area is 238 Å². The van der Waals surface area contributed by atoms with Crippen LogP contribution < -0.4 is 19.1 Å². The summed E-state index contributed by atoms with van der Waals surface area (Å²) >= 11 is 7.82. The summed E-state index contributed by atoms with van der Waals surface area (Å²) in [4.78, 5) is 22.4. The number of ether oxygens (including phenoxy) is 4. The van der Waals surface area contributed by atoms with Gasteiger partial charge in [-0.2, -0.15) is 0 Å². The van der Waals surface area contributed by atoms with E-state index in [1.54, 1.807) is 50.5 Å². The Hall–Kier alpha value is -2.56. The summed E-state index contributed by atoms with van der Waals surface area (Å²) < 4.78 is 22.7. The Bertz CT molecular complexity index is 1250. The Balaban J connectivity index is 0.00000400. The van der Waals surface area contributed by atoms with Gasteiger partial charge in [-0.05, 0) is 54.8 Å². The number of rotatable bonds is 10. The van der Waals surface area contributed by atoms with E-state index in [1.807, 2.05) is 19.1 Å². The van der Waals surface area contributed by atoms with Crippen LogP contribution in [0, 0.1) is 6.92 Å². The molecule has 1 fully saturated rings. The van der Waals surface area contributed by atoms with Gasteiger partial charge in [-0.15, -0.1) is 12.4 Å². The molecule has 1 amide bonds. The first-order chi connectivity index (χ1) is 17.9. The molecule has 2 aromatic carbocycles. The van der Waals surface area contributed by atoms with Crippen molar-refractivity contribution in [3.63, 3.8) is 0 Å². The fourth-order valence-electron chi connectivity index (χ4n) is 4.24. The predicted octanol–water partition coefficient (Wildman–Crippen LogP) is 5.47. The number of amides is 1. The van der Waals surface area contributed by atoms with E-state index in [0.717, 1.165) is 60.6 Å². The molecular weight excluding hydrogens is 549 g/mol. The molecule has 1 aliphatic heterocycles. The zero-order valence-electron chi connectivity index (χ0n) is 22.0. The summed E-state index contributed by atoms with van der Waals surface area (Å²) in [6.45, 7) is 6.70. The van der Waals surface area contributed by atoms with Crippen LogP contribution >= 0.6 is 35.3 Å². The molecule has 1 aliphatic rings. The number of nitrogens with zero attached hydrogens (tertiary/aromatic N) is 3. The zero-order chi connectivity index (χ0) is 26.4. The van der Waals surface area contributed by atoms with E-state index < -0.39 is 0 Å². The maximum absolute atomic E-state index is 13.5. The van der Waals surface area contributed by atoms with Gasteiger partial charge < -0.3 is 18.9 Å². The number of carbonyl (C=O) groups excluding carboxylic acids is 1. The first-order valence-electron chi connectivity index (χ1n) is 12.1. The molecule has 206 valence electrons. The van der Waals surface area contributed by atoms with Crippen molar-refractivity contribution < 1.29 is 23.7 Å². The minimum Gasteiger partial charge on any atom is -0.493 e. The van der Waals surface area contributed by atoms with Gasteiger partial charge in [0.05, 0.1) is 44.8 Å². The van der Waals surface area contributed by atoms with E-state index in [0.29, 0.717) is 33.9 Å². The molecule has 4 rings (SSSR count). The third-order valence-corrected chi connectivity index (χ3v) is 7.75. The highest BCUT2D eigenvalue weighted by Gasteiger charge is 2.20. The maximum Gasteiger partial charge on any atom is 0.252 e. The van der Waals surface area contributed by atoms with Crippen molar-refractivity contribution in [2.24, 2.45) is 0 Å². The summed E-state index contributed by atoms with van der Waals surface area (Å²) in [6, 6.07) is 7.43. The van der Waals surface area contributed by atoms with Crippen molar-refractivity contribution in [2.45, 2.75) is 13.3 Å². The van der Waals surface area contributed by atoms with Gasteiger partial charge in [0.2, 0.25) is 5.75 Å². The lowest BCUT2D eigenvalue weighted by Gasteiger charge is -2.27. The molecule has 0 spiro atoms. The molecule has 0 saturated carbocycles. The number of hydrogen-bond donors (Lipinski definition) is 0. The number of methoxy groups -OCH3 is 3.